The van der Waals surface area contributed by atoms with Crippen LogP contribution in [0.1, 0.15) is 44.9 Å². The second-order valence-electron chi connectivity index (χ2n) is 7.45. The van der Waals surface area contributed by atoms with Gasteiger partial charge in [0, 0.05) is 42.1 Å². The molecule has 1 N–H and O–H groups in total. The van der Waals surface area contributed by atoms with Crippen molar-refractivity contribution in [3.63, 3.8) is 0 Å². The Kier molecular flexibility index (Phi) is 5.44. The van der Waals surface area contributed by atoms with Gasteiger partial charge in [0.1, 0.15) is 11.6 Å². The number of halogens is 2. The molecule has 7 heteroatoms. The van der Waals surface area contributed by atoms with Crippen LogP contribution >= 0.6 is 11.3 Å². The van der Waals surface area contributed by atoms with Crippen molar-refractivity contribution in [1.29, 1.82) is 0 Å². The van der Waals surface area contributed by atoms with Crippen LogP contribution in [0.25, 0.3) is 0 Å². The minimum atomic E-state index is -0.658. The number of rotatable bonds is 4. The van der Waals surface area contributed by atoms with Crippen LogP contribution in [0.2, 0.25) is 0 Å². The van der Waals surface area contributed by atoms with Crippen molar-refractivity contribution in [2.45, 2.75) is 38.6 Å². The molecule has 1 aromatic heterocycles. The molecule has 0 bridgehead atoms. The van der Waals surface area contributed by atoms with Crippen molar-refractivity contribution in [3.8, 4) is 0 Å². The first-order valence-corrected chi connectivity index (χ1v) is 10.5. The smallest absolute Gasteiger partial charge is 0.263 e. The zero-order valence-electron chi connectivity index (χ0n) is 15.5. The molecule has 0 radical (unpaired) electrons. The summed E-state index contributed by atoms with van der Waals surface area (Å²) in [5.41, 5.74) is 1.34. The summed E-state index contributed by atoms with van der Waals surface area (Å²) in [6.07, 6.45) is 4.21. The van der Waals surface area contributed by atoms with Gasteiger partial charge in [-0.25, -0.2) is 8.78 Å². The highest BCUT2D eigenvalue weighted by atomic mass is 32.1. The predicted molar refractivity (Wildman–Crippen MR) is 103 cm³/mol. The Morgan fingerprint density at radius 3 is 2.71 bits per heavy atom. The van der Waals surface area contributed by atoms with Gasteiger partial charge in [-0.2, -0.15) is 0 Å². The Bertz CT molecular complexity index is 906. The summed E-state index contributed by atoms with van der Waals surface area (Å²) in [6, 6.07) is 5.29. The van der Waals surface area contributed by atoms with Crippen molar-refractivity contribution in [1.82, 2.24) is 10.2 Å². The first-order valence-electron chi connectivity index (χ1n) is 9.64. The van der Waals surface area contributed by atoms with Gasteiger partial charge in [-0.3, -0.25) is 9.59 Å². The summed E-state index contributed by atoms with van der Waals surface area (Å²) in [7, 11) is 0. The molecule has 4 rings (SSSR count). The Hall–Kier alpha value is -2.28. The zero-order valence-corrected chi connectivity index (χ0v) is 16.3. The van der Waals surface area contributed by atoms with Gasteiger partial charge in [0.25, 0.3) is 5.91 Å². The SMILES string of the molecule is O=C(NCc1ccc(F)cc1F)C1CCc2sc(C(=O)N3CCCC3)cc2C1. The van der Waals surface area contributed by atoms with Crippen LogP contribution in [0, 0.1) is 17.6 Å². The molecule has 1 aliphatic carbocycles. The Morgan fingerprint density at radius 1 is 1.18 bits per heavy atom. The third-order valence-corrected chi connectivity index (χ3v) is 6.75. The average Bonchev–Trinajstić information content (AvgIpc) is 3.35. The first kappa shape index (κ1) is 19.1. The molecule has 148 valence electrons. The summed E-state index contributed by atoms with van der Waals surface area (Å²) < 4.78 is 26.7. The van der Waals surface area contributed by atoms with Crippen LogP contribution < -0.4 is 5.32 Å². The largest absolute Gasteiger partial charge is 0.352 e. The molecule has 2 aromatic rings. The highest BCUT2D eigenvalue weighted by Crippen LogP contribution is 2.33. The lowest BCUT2D eigenvalue weighted by Gasteiger charge is -2.21. The number of fused-ring (bicyclic) bond motifs is 1. The molecule has 4 nitrogen and oxygen atoms in total. The zero-order chi connectivity index (χ0) is 19.7. The third kappa shape index (κ3) is 3.94. The van der Waals surface area contributed by atoms with Crippen LogP contribution in [-0.2, 0) is 24.2 Å². The minimum Gasteiger partial charge on any atom is -0.352 e. The summed E-state index contributed by atoms with van der Waals surface area (Å²) in [6.45, 7) is 1.69. The lowest BCUT2D eigenvalue weighted by atomic mass is 9.87. The fourth-order valence-corrected chi connectivity index (χ4v) is 5.10. The van der Waals surface area contributed by atoms with E-state index < -0.39 is 11.6 Å². The van der Waals surface area contributed by atoms with Crippen LogP contribution in [0.4, 0.5) is 8.78 Å². The van der Waals surface area contributed by atoms with E-state index in [1.54, 1.807) is 11.3 Å². The van der Waals surface area contributed by atoms with E-state index in [1.807, 2.05) is 11.0 Å². The van der Waals surface area contributed by atoms with E-state index in [0.29, 0.717) is 12.8 Å². The van der Waals surface area contributed by atoms with Crippen molar-refractivity contribution < 1.29 is 18.4 Å². The molecule has 0 saturated carbocycles. The van der Waals surface area contributed by atoms with Crippen molar-refractivity contribution in [3.05, 3.63) is 56.8 Å². The van der Waals surface area contributed by atoms with E-state index in [2.05, 4.69) is 5.32 Å². The maximum atomic E-state index is 13.7. The molecule has 28 heavy (non-hydrogen) atoms. The van der Waals surface area contributed by atoms with Gasteiger partial charge in [0.2, 0.25) is 5.91 Å². The quantitative estimate of drug-likeness (QED) is 0.845. The van der Waals surface area contributed by atoms with Crippen LogP contribution in [0.5, 0.6) is 0 Å². The monoisotopic (exact) mass is 404 g/mol. The Morgan fingerprint density at radius 2 is 1.96 bits per heavy atom. The summed E-state index contributed by atoms with van der Waals surface area (Å²) >= 11 is 1.55. The number of nitrogens with one attached hydrogen (secondary N) is 1. The van der Waals surface area contributed by atoms with Crippen LogP contribution in [-0.4, -0.2) is 29.8 Å². The number of hydrogen-bond acceptors (Lipinski definition) is 3. The summed E-state index contributed by atoms with van der Waals surface area (Å²) in [4.78, 5) is 29.0. The molecule has 1 unspecified atom stereocenters. The average molecular weight is 404 g/mol. The second kappa shape index (κ2) is 7.99. The van der Waals surface area contributed by atoms with Gasteiger partial charge < -0.3 is 10.2 Å². The summed E-state index contributed by atoms with van der Waals surface area (Å²) in [5, 5.41) is 2.76. The van der Waals surface area contributed by atoms with Gasteiger partial charge in [-0.05, 0) is 49.8 Å². The van der Waals surface area contributed by atoms with E-state index in [9.17, 15) is 18.4 Å². The molecule has 2 amide bonds. The van der Waals surface area contributed by atoms with Gasteiger partial charge in [0.15, 0.2) is 0 Å². The fraction of sp³-hybridized carbons (Fsp3) is 0.429. The van der Waals surface area contributed by atoms with Gasteiger partial charge in [-0.15, -0.1) is 11.3 Å². The number of carbonyl (C=O) groups is 2. The lowest BCUT2D eigenvalue weighted by Crippen LogP contribution is -2.33. The predicted octanol–water partition coefficient (Wildman–Crippen LogP) is 3.68. The molecule has 0 spiro atoms. The fourth-order valence-electron chi connectivity index (χ4n) is 3.92. The number of hydrogen-bond donors (Lipinski definition) is 1. The van der Waals surface area contributed by atoms with E-state index in [4.69, 9.17) is 0 Å². The maximum Gasteiger partial charge on any atom is 0.263 e. The molecule has 1 saturated heterocycles. The van der Waals surface area contributed by atoms with Crippen molar-refractivity contribution in [2.75, 3.05) is 13.1 Å². The highest BCUT2D eigenvalue weighted by molar-refractivity contribution is 7.14. The molecule has 2 aliphatic rings. The number of amides is 2. The Labute approximate surface area is 166 Å². The summed E-state index contributed by atoms with van der Waals surface area (Å²) in [5.74, 6) is -1.52. The van der Waals surface area contributed by atoms with E-state index in [0.717, 1.165) is 48.9 Å². The molecule has 2 heterocycles. The number of benzene rings is 1. The lowest BCUT2D eigenvalue weighted by molar-refractivity contribution is -0.125. The third-order valence-electron chi connectivity index (χ3n) is 5.53. The van der Waals surface area contributed by atoms with Crippen molar-refractivity contribution >= 4 is 23.2 Å². The Balaban J connectivity index is 1.38. The number of thiophene rings is 1. The van der Waals surface area contributed by atoms with Gasteiger partial charge >= 0.3 is 0 Å². The molecule has 1 aromatic carbocycles. The first-order chi connectivity index (χ1) is 13.5. The number of aryl methyl sites for hydroxylation is 1. The van der Waals surface area contributed by atoms with Gasteiger partial charge in [0.05, 0.1) is 4.88 Å². The van der Waals surface area contributed by atoms with Gasteiger partial charge in [-0.1, -0.05) is 6.07 Å². The molecule has 1 aliphatic heterocycles. The normalized spacial score (nSPS) is 18.8. The highest BCUT2D eigenvalue weighted by Gasteiger charge is 2.29. The van der Waals surface area contributed by atoms with E-state index in [1.165, 1.54) is 17.0 Å². The van der Waals surface area contributed by atoms with Crippen molar-refractivity contribution in [2.24, 2.45) is 5.92 Å². The topological polar surface area (TPSA) is 49.4 Å². The number of likely N-dealkylation sites (tertiary alicyclic amines) is 1. The van der Waals surface area contributed by atoms with Crippen LogP contribution in [0.15, 0.2) is 24.3 Å². The second-order valence-corrected chi connectivity index (χ2v) is 8.59. The molecular formula is C21H22F2N2O2S. The molecule has 1 fully saturated rings. The van der Waals surface area contributed by atoms with E-state index >= 15 is 0 Å². The molecule has 1 atom stereocenters. The number of carbonyl (C=O) groups excluding carboxylic acids is 2. The van der Waals surface area contributed by atoms with Crippen LogP contribution in [0.3, 0.4) is 0 Å². The molecular weight excluding hydrogens is 382 g/mol. The number of nitrogens with zero attached hydrogens (tertiary/aromatic N) is 1. The standard InChI is InChI=1S/C21H22F2N2O2S/c22-16-5-3-14(17(23)11-16)12-24-20(26)13-4-6-18-15(9-13)10-19(28-18)21(27)25-7-1-2-8-25/h3,5,10-11,13H,1-2,4,6-9,12H2,(H,24,26). The van der Waals surface area contributed by atoms with E-state index in [-0.39, 0.29) is 29.8 Å². The maximum absolute atomic E-state index is 13.7. The minimum absolute atomic E-state index is 0.0383.